The number of carbonyl (C=O) groups is 1. The van der Waals surface area contributed by atoms with Crippen LogP contribution in [-0.2, 0) is 4.74 Å². The predicted octanol–water partition coefficient (Wildman–Crippen LogP) is 5.07. The minimum atomic E-state index is -0.968. The number of ether oxygens (including phenoxy) is 2. The molecule has 0 aliphatic carbocycles. The van der Waals surface area contributed by atoms with Gasteiger partial charge in [-0.05, 0) is 49.4 Å². The molecule has 1 atom stereocenters. The Labute approximate surface area is 149 Å². The molecule has 3 rings (SSSR count). The zero-order valence-corrected chi connectivity index (χ0v) is 13.9. The highest BCUT2D eigenvalue weighted by atomic mass is 19.1. The van der Waals surface area contributed by atoms with Crippen LogP contribution in [0.4, 0.5) is 8.78 Å². The van der Waals surface area contributed by atoms with Gasteiger partial charge in [-0.25, -0.2) is 13.6 Å². The third-order valence-corrected chi connectivity index (χ3v) is 3.65. The Bertz CT molecular complexity index is 916. The first-order valence-electron chi connectivity index (χ1n) is 7.87. The molecule has 0 amide bonds. The highest BCUT2D eigenvalue weighted by Crippen LogP contribution is 2.28. The number of aromatic nitrogens is 1. The first-order chi connectivity index (χ1) is 12.5. The summed E-state index contributed by atoms with van der Waals surface area (Å²) in [7, 11) is 0. The van der Waals surface area contributed by atoms with Crippen LogP contribution in [0.2, 0.25) is 0 Å². The van der Waals surface area contributed by atoms with E-state index in [-0.39, 0.29) is 16.9 Å². The molecule has 132 valence electrons. The van der Waals surface area contributed by atoms with Crippen LogP contribution in [0, 0.1) is 11.6 Å². The minimum Gasteiger partial charge on any atom is -0.455 e. The van der Waals surface area contributed by atoms with Gasteiger partial charge in [-0.3, -0.25) is 4.98 Å². The van der Waals surface area contributed by atoms with E-state index >= 15 is 0 Å². The highest BCUT2D eigenvalue weighted by molar-refractivity contribution is 5.92. The quantitative estimate of drug-likeness (QED) is 0.600. The van der Waals surface area contributed by atoms with Gasteiger partial charge in [-0.2, -0.15) is 0 Å². The van der Waals surface area contributed by atoms with Gasteiger partial charge in [-0.1, -0.05) is 12.1 Å². The summed E-state index contributed by atoms with van der Waals surface area (Å²) in [6.45, 7) is 1.47. The van der Waals surface area contributed by atoms with Crippen LogP contribution in [0.25, 0.3) is 0 Å². The van der Waals surface area contributed by atoms with Crippen LogP contribution in [0.1, 0.15) is 28.9 Å². The van der Waals surface area contributed by atoms with Crippen LogP contribution in [0.15, 0.2) is 67.0 Å². The Balaban J connectivity index is 1.81. The molecule has 0 spiro atoms. The number of halogens is 2. The number of pyridine rings is 1. The van der Waals surface area contributed by atoms with E-state index in [0.717, 1.165) is 18.2 Å². The fourth-order valence-corrected chi connectivity index (χ4v) is 2.37. The lowest BCUT2D eigenvalue weighted by Crippen LogP contribution is -2.11. The fourth-order valence-electron chi connectivity index (χ4n) is 2.37. The average molecular weight is 355 g/mol. The number of benzene rings is 2. The Hall–Kier alpha value is -3.28. The van der Waals surface area contributed by atoms with E-state index in [1.165, 1.54) is 19.2 Å². The second kappa shape index (κ2) is 7.74. The summed E-state index contributed by atoms with van der Waals surface area (Å²) < 4.78 is 38.2. The van der Waals surface area contributed by atoms with E-state index in [1.54, 1.807) is 36.5 Å². The monoisotopic (exact) mass is 355 g/mol. The molecule has 0 bridgehead atoms. The van der Waals surface area contributed by atoms with Crippen molar-refractivity contribution < 1.29 is 23.0 Å². The third kappa shape index (κ3) is 4.03. The highest BCUT2D eigenvalue weighted by Gasteiger charge is 2.20. The summed E-state index contributed by atoms with van der Waals surface area (Å²) in [4.78, 5) is 16.4. The number of esters is 1. The van der Waals surface area contributed by atoms with Crippen molar-refractivity contribution >= 4 is 5.97 Å². The van der Waals surface area contributed by atoms with E-state index in [0.29, 0.717) is 5.75 Å². The predicted molar refractivity (Wildman–Crippen MR) is 90.9 cm³/mol. The second-order valence-electron chi connectivity index (χ2n) is 5.50. The molecule has 3 aromatic rings. The first kappa shape index (κ1) is 17.5. The summed E-state index contributed by atoms with van der Waals surface area (Å²) in [5, 5.41) is 0. The summed E-state index contributed by atoms with van der Waals surface area (Å²) in [5.41, 5.74) is 0.129. The average Bonchev–Trinajstić information content (AvgIpc) is 2.65. The van der Waals surface area contributed by atoms with Gasteiger partial charge < -0.3 is 9.47 Å². The summed E-state index contributed by atoms with van der Waals surface area (Å²) >= 11 is 0. The molecule has 4 nitrogen and oxygen atoms in total. The van der Waals surface area contributed by atoms with E-state index in [4.69, 9.17) is 9.47 Å². The molecular formula is C20H15F2NO3. The number of carbonyl (C=O) groups excluding carboxylic acids is 1. The lowest BCUT2D eigenvalue weighted by Gasteiger charge is -2.16. The largest absolute Gasteiger partial charge is 0.455 e. The Morgan fingerprint density at radius 2 is 1.88 bits per heavy atom. The van der Waals surface area contributed by atoms with Gasteiger partial charge in [0.2, 0.25) is 0 Å². The van der Waals surface area contributed by atoms with Crippen LogP contribution in [-0.4, -0.2) is 11.0 Å². The van der Waals surface area contributed by atoms with E-state index in [9.17, 15) is 13.6 Å². The maximum Gasteiger partial charge on any atom is 0.342 e. The van der Waals surface area contributed by atoms with Crippen molar-refractivity contribution in [3.8, 4) is 11.5 Å². The molecule has 6 heteroatoms. The molecule has 26 heavy (non-hydrogen) atoms. The molecule has 0 saturated carbocycles. The molecule has 0 saturated heterocycles. The van der Waals surface area contributed by atoms with Gasteiger partial charge in [0.1, 0.15) is 34.8 Å². The van der Waals surface area contributed by atoms with Crippen molar-refractivity contribution in [2.24, 2.45) is 0 Å². The molecule has 0 radical (unpaired) electrons. The van der Waals surface area contributed by atoms with Crippen LogP contribution in [0.5, 0.6) is 11.5 Å². The number of nitrogens with zero attached hydrogens (tertiary/aromatic N) is 1. The van der Waals surface area contributed by atoms with Crippen molar-refractivity contribution in [3.05, 3.63) is 89.8 Å². The van der Waals surface area contributed by atoms with Gasteiger partial charge in [0, 0.05) is 11.8 Å². The van der Waals surface area contributed by atoms with Gasteiger partial charge in [0.15, 0.2) is 0 Å². The summed E-state index contributed by atoms with van der Waals surface area (Å²) in [6, 6.07) is 12.9. The molecule has 1 heterocycles. The lowest BCUT2D eigenvalue weighted by molar-refractivity contribution is 0.0328. The molecule has 2 aromatic carbocycles. The molecular weight excluding hydrogens is 340 g/mol. The summed E-state index contributed by atoms with van der Waals surface area (Å²) in [6.07, 6.45) is 2.14. The van der Waals surface area contributed by atoms with Gasteiger partial charge in [-0.15, -0.1) is 0 Å². The van der Waals surface area contributed by atoms with Crippen molar-refractivity contribution in [1.29, 1.82) is 0 Å². The Kier molecular flexibility index (Phi) is 5.22. The number of para-hydroxylation sites is 1. The standard InChI is InChI=1S/C20H15F2NO3/c1-13(17-11-14(21)8-9-18(17)22)25-20(24)16-6-2-3-7-19(16)26-15-5-4-10-23-12-15/h2-13H,1H3. The van der Waals surface area contributed by atoms with Crippen LogP contribution < -0.4 is 4.74 Å². The zero-order chi connectivity index (χ0) is 18.5. The van der Waals surface area contributed by atoms with Crippen LogP contribution in [0.3, 0.4) is 0 Å². The molecule has 0 aliphatic rings. The molecule has 1 aromatic heterocycles. The van der Waals surface area contributed by atoms with Crippen molar-refractivity contribution in [2.75, 3.05) is 0 Å². The lowest BCUT2D eigenvalue weighted by atomic mass is 10.1. The maximum atomic E-state index is 13.9. The van der Waals surface area contributed by atoms with Gasteiger partial charge in [0.25, 0.3) is 0 Å². The second-order valence-corrected chi connectivity index (χ2v) is 5.50. The third-order valence-electron chi connectivity index (χ3n) is 3.65. The van der Waals surface area contributed by atoms with Gasteiger partial charge >= 0.3 is 5.97 Å². The van der Waals surface area contributed by atoms with Crippen molar-refractivity contribution in [1.82, 2.24) is 4.98 Å². The SMILES string of the molecule is CC(OC(=O)c1ccccc1Oc1cccnc1)c1cc(F)ccc1F. The molecule has 1 unspecified atom stereocenters. The maximum absolute atomic E-state index is 13.9. The van der Waals surface area contributed by atoms with Crippen LogP contribution >= 0.6 is 0 Å². The Morgan fingerprint density at radius 1 is 1.08 bits per heavy atom. The number of hydrogen-bond donors (Lipinski definition) is 0. The van der Waals surface area contributed by atoms with E-state index in [2.05, 4.69) is 4.98 Å². The smallest absolute Gasteiger partial charge is 0.342 e. The number of hydrogen-bond acceptors (Lipinski definition) is 4. The Morgan fingerprint density at radius 3 is 2.65 bits per heavy atom. The zero-order valence-electron chi connectivity index (χ0n) is 13.9. The molecule has 0 N–H and O–H groups in total. The topological polar surface area (TPSA) is 48.4 Å². The summed E-state index contributed by atoms with van der Waals surface area (Å²) in [5.74, 6) is -1.23. The molecule has 0 aliphatic heterocycles. The van der Waals surface area contributed by atoms with E-state index in [1.807, 2.05) is 0 Å². The van der Waals surface area contributed by atoms with E-state index < -0.39 is 23.7 Å². The fraction of sp³-hybridized carbons (Fsp3) is 0.100. The minimum absolute atomic E-state index is 0.0380. The normalized spacial score (nSPS) is 11.7. The van der Waals surface area contributed by atoms with Gasteiger partial charge in [0.05, 0.1) is 6.20 Å². The van der Waals surface area contributed by atoms with Crippen molar-refractivity contribution in [3.63, 3.8) is 0 Å². The first-order valence-corrected chi connectivity index (χ1v) is 7.87. The van der Waals surface area contributed by atoms with Crippen molar-refractivity contribution in [2.45, 2.75) is 13.0 Å². The number of rotatable bonds is 5. The molecule has 0 fully saturated rings.